The van der Waals surface area contributed by atoms with Crippen LogP contribution in [0.5, 0.6) is 5.75 Å². The summed E-state index contributed by atoms with van der Waals surface area (Å²) in [4.78, 5) is -0.216. The van der Waals surface area contributed by atoms with E-state index < -0.39 is 16.3 Å². The molecule has 2 nitrogen and oxygen atoms in total. The molecule has 0 aliphatic carbocycles. The number of hydrogen-bond acceptors (Lipinski definition) is 2. The van der Waals surface area contributed by atoms with Gasteiger partial charge in [-0.15, -0.1) is 0 Å². The van der Waals surface area contributed by atoms with E-state index in [1.807, 2.05) is 0 Å². The molecule has 0 aromatic heterocycles. The van der Waals surface area contributed by atoms with Crippen molar-refractivity contribution in [1.82, 2.24) is 0 Å². The van der Waals surface area contributed by atoms with Gasteiger partial charge < -0.3 is 4.74 Å². The van der Waals surface area contributed by atoms with E-state index in [1.165, 1.54) is 18.2 Å². The summed E-state index contributed by atoms with van der Waals surface area (Å²) < 4.78 is 52.6. The highest BCUT2D eigenvalue weighted by Gasteiger charge is 2.38. The molecule has 0 fully saturated rings. The second-order valence-electron chi connectivity index (χ2n) is 3.08. The first kappa shape index (κ1) is 10.5. The third-order valence-corrected chi connectivity index (χ3v) is 3.19. The molecule has 82 valence electrons. The minimum Gasteiger partial charge on any atom is -0.493 e. The van der Waals surface area contributed by atoms with Crippen LogP contribution in [0.15, 0.2) is 23.1 Å². The molecule has 1 atom stereocenters. The van der Waals surface area contributed by atoms with Crippen molar-refractivity contribution in [2.24, 2.45) is 0 Å². The topological polar surface area (TPSA) is 26.3 Å². The Balaban J connectivity index is 2.35. The van der Waals surface area contributed by atoms with Crippen LogP contribution in [0.25, 0.3) is 0 Å². The average molecular weight is 236 g/mol. The van der Waals surface area contributed by atoms with Gasteiger partial charge in [0.1, 0.15) is 5.75 Å². The largest absolute Gasteiger partial charge is 0.493 e. The highest BCUT2D eigenvalue weighted by molar-refractivity contribution is 7.86. The summed E-state index contributed by atoms with van der Waals surface area (Å²) in [6.45, 7) is 0.470. The maximum Gasteiger partial charge on any atom is 0.475 e. The summed E-state index contributed by atoms with van der Waals surface area (Å²) in [7, 11) is -2.95. The third kappa shape index (κ3) is 1.99. The fourth-order valence-corrected chi connectivity index (χ4v) is 2.12. The van der Waals surface area contributed by atoms with Crippen LogP contribution in [-0.4, -0.2) is 16.3 Å². The molecule has 6 heteroatoms. The summed E-state index contributed by atoms with van der Waals surface area (Å²) >= 11 is 0. The third-order valence-electron chi connectivity index (χ3n) is 2.09. The first-order valence-electron chi connectivity index (χ1n) is 4.23. The Kier molecular flexibility index (Phi) is 2.46. The van der Waals surface area contributed by atoms with Gasteiger partial charge in [-0.05, 0) is 23.8 Å². The van der Waals surface area contributed by atoms with Gasteiger partial charge in [-0.3, -0.25) is 0 Å². The Morgan fingerprint density at radius 2 is 2.07 bits per heavy atom. The lowest BCUT2D eigenvalue weighted by atomic mass is 10.2. The maximum atomic E-state index is 12.2. The molecule has 15 heavy (non-hydrogen) atoms. The van der Waals surface area contributed by atoms with E-state index in [0.29, 0.717) is 24.3 Å². The van der Waals surface area contributed by atoms with Crippen molar-refractivity contribution in [3.63, 3.8) is 0 Å². The molecule has 0 radical (unpaired) electrons. The molecule has 1 aliphatic heterocycles. The van der Waals surface area contributed by atoms with E-state index in [1.54, 1.807) is 0 Å². The summed E-state index contributed by atoms with van der Waals surface area (Å²) in [5, 5.41) is 0. The maximum absolute atomic E-state index is 12.2. The van der Waals surface area contributed by atoms with Gasteiger partial charge in [0.05, 0.1) is 6.61 Å². The fraction of sp³-hybridized carbons (Fsp3) is 0.333. The molecular formula is C9H7F3O2S. The number of halogens is 3. The van der Waals surface area contributed by atoms with Crippen molar-refractivity contribution in [3.8, 4) is 5.75 Å². The highest BCUT2D eigenvalue weighted by Crippen LogP contribution is 2.31. The van der Waals surface area contributed by atoms with Crippen LogP contribution in [0.3, 0.4) is 0 Å². The van der Waals surface area contributed by atoms with Gasteiger partial charge in [0, 0.05) is 11.3 Å². The van der Waals surface area contributed by atoms with Gasteiger partial charge in [-0.1, -0.05) is 0 Å². The van der Waals surface area contributed by atoms with Gasteiger partial charge in [0.2, 0.25) is 0 Å². The normalized spacial score (nSPS) is 17.0. The van der Waals surface area contributed by atoms with Crippen LogP contribution < -0.4 is 4.74 Å². The lowest BCUT2D eigenvalue weighted by Gasteiger charge is -2.07. The summed E-state index contributed by atoms with van der Waals surface area (Å²) in [5.41, 5.74) is -4.02. The Bertz CT molecular complexity index is 414. The van der Waals surface area contributed by atoms with E-state index in [4.69, 9.17) is 4.74 Å². The first-order chi connectivity index (χ1) is 6.98. The zero-order valence-corrected chi connectivity index (χ0v) is 8.32. The number of alkyl halides is 3. The monoisotopic (exact) mass is 236 g/mol. The molecule has 0 N–H and O–H groups in total. The molecule has 1 unspecified atom stereocenters. The Labute approximate surface area is 86.5 Å². The molecule has 0 saturated carbocycles. The second-order valence-corrected chi connectivity index (χ2v) is 4.55. The minimum absolute atomic E-state index is 0.216. The van der Waals surface area contributed by atoms with Crippen molar-refractivity contribution >= 4 is 10.8 Å². The Morgan fingerprint density at radius 3 is 2.73 bits per heavy atom. The van der Waals surface area contributed by atoms with Gasteiger partial charge in [-0.25, -0.2) is 4.21 Å². The van der Waals surface area contributed by atoms with Crippen molar-refractivity contribution in [3.05, 3.63) is 23.8 Å². The zero-order valence-electron chi connectivity index (χ0n) is 7.50. The quantitative estimate of drug-likeness (QED) is 0.747. The van der Waals surface area contributed by atoms with Crippen LogP contribution in [0.4, 0.5) is 13.2 Å². The predicted octanol–water partition coefficient (Wildman–Crippen LogP) is 2.25. The number of benzene rings is 1. The number of ether oxygens (including phenoxy) is 1. The predicted molar refractivity (Wildman–Crippen MR) is 48.1 cm³/mol. The molecule has 0 amide bonds. The van der Waals surface area contributed by atoms with E-state index in [2.05, 4.69) is 0 Å². The molecule has 1 aromatic carbocycles. The smallest absolute Gasteiger partial charge is 0.475 e. The number of rotatable bonds is 1. The van der Waals surface area contributed by atoms with Crippen LogP contribution in [0.1, 0.15) is 5.56 Å². The van der Waals surface area contributed by atoms with Gasteiger partial charge in [-0.2, -0.15) is 13.2 Å². The molecule has 1 aromatic rings. The summed E-state index contributed by atoms with van der Waals surface area (Å²) in [6, 6.07) is 3.92. The lowest BCUT2D eigenvalue weighted by Crippen LogP contribution is -2.16. The number of fused-ring (bicyclic) bond motifs is 1. The molecule has 0 bridgehead atoms. The van der Waals surface area contributed by atoms with Gasteiger partial charge in [0.25, 0.3) is 0 Å². The van der Waals surface area contributed by atoms with E-state index in [-0.39, 0.29) is 4.90 Å². The number of hydrogen-bond donors (Lipinski definition) is 0. The van der Waals surface area contributed by atoms with Crippen LogP contribution in [-0.2, 0) is 17.2 Å². The average Bonchev–Trinajstić information content (AvgIpc) is 2.61. The zero-order chi connectivity index (χ0) is 11.1. The standard InChI is InChI=1S/C9H7F3O2S/c10-9(11,12)15(13)7-1-2-8-6(5-7)3-4-14-8/h1-2,5H,3-4H2. The van der Waals surface area contributed by atoms with Gasteiger partial charge in [0.15, 0.2) is 10.8 Å². The molecular weight excluding hydrogens is 229 g/mol. The van der Waals surface area contributed by atoms with Crippen molar-refractivity contribution in [2.75, 3.05) is 6.61 Å². The molecule has 1 heterocycles. The van der Waals surface area contributed by atoms with Crippen LogP contribution in [0, 0.1) is 0 Å². The fourth-order valence-electron chi connectivity index (χ4n) is 1.41. The minimum atomic E-state index is -4.70. The van der Waals surface area contributed by atoms with Crippen molar-refractivity contribution < 1.29 is 22.1 Å². The Hall–Kier alpha value is -1.04. The summed E-state index contributed by atoms with van der Waals surface area (Å²) in [6.07, 6.45) is 0.568. The molecule has 0 saturated heterocycles. The van der Waals surface area contributed by atoms with Crippen LogP contribution >= 0.6 is 0 Å². The van der Waals surface area contributed by atoms with E-state index >= 15 is 0 Å². The highest BCUT2D eigenvalue weighted by atomic mass is 32.2. The lowest BCUT2D eigenvalue weighted by molar-refractivity contribution is -0.0384. The van der Waals surface area contributed by atoms with E-state index in [9.17, 15) is 17.4 Å². The Morgan fingerprint density at radius 1 is 1.33 bits per heavy atom. The van der Waals surface area contributed by atoms with Gasteiger partial charge >= 0.3 is 5.51 Å². The molecule has 2 rings (SSSR count). The van der Waals surface area contributed by atoms with Crippen molar-refractivity contribution in [2.45, 2.75) is 16.8 Å². The first-order valence-corrected chi connectivity index (χ1v) is 5.38. The molecule has 0 spiro atoms. The van der Waals surface area contributed by atoms with E-state index in [0.717, 1.165) is 0 Å². The van der Waals surface area contributed by atoms with Crippen LogP contribution in [0.2, 0.25) is 0 Å². The van der Waals surface area contributed by atoms with Crippen molar-refractivity contribution in [1.29, 1.82) is 0 Å². The summed E-state index contributed by atoms with van der Waals surface area (Å²) in [5.74, 6) is 0.581. The second kappa shape index (κ2) is 3.52. The SMILES string of the molecule is O=S(c1ccc2c(c1)CCO2)C(F)(F)F. The molecule has 1 aliphatic rings.